The van der Waals surface area contributed by atoms with Crippen molar-refractivity contribution in [3.63, 3.8) is 0 Å². The van der Waals surface area contributed by atoms with Gasteiger partial charge in [-0.25, -0.2) is 0 Å². The molecule has 0 aromatic heterocycles. The van der Waals surface area contributed by atoms with E-state index < -0.39 is 0 Å². The van der Waals surface area contributed by atoms with Gasteiger partial charge in [0.05, 0.1) is 5.60 Å². The summed E-state index contributed by atoms with van der Waals surface area (Å²) in [6.07, 6.45) is 6.92. The highest BCUT2D eigenvalue weighted by molar-refractivity contribution is 4.87. The molecule has 1 aliphatic carbocycles. The Balaban J connectivity index is 2.42. The Morgan fingerprint density at radius 1 is 0.944 bits per heavy atom. The molecule has 0 aliphatic heterocycles. The van der Waals surface area contributed by atoms with Crippen molar-refractivity contribution in [3.05, 3.63) is 0 Å². The Morgan fingerprint density at radius 3 is 1.78 bits per heavy atom. The van der Waals surface area contributed by atoms with E-state index in [9.17, 15) is 5.11 Å². The van der Waals surface area contributed by atoms with Crippen molar-refractivity contribution in [2.45, 2.75) is 71.8 Å². The molecule has 1 saturated carbocycles. The predicted octanol–water partition coefficient (Wildman–Crippen LogP) is 3.69. The minimum atomic E-state index is -0.381. The van der Waals surface area contributed by atoms with Gasteiger partial charge in [-0.1, -0.05) is 40.5 Å². The van der Waals surface area contributed by atoms with Gasteiger partial charge in [-0.3, -0.25) is 0 Å². The van der Waals surface area contributed by atoms with Crippen LogP contribution in [0.1, 0.15) is 66.2 Å². The van der Waals surface area contributed by atoms with E-state index >= 15 is 0 Å². The van der Waals surface area contributed by atoms with Crippen LogP contribution >= 0.6 is 0 Å². The Labute approximate surface area is 114 Å². The number of hydrogen-bond donors (Lipinski definition) is 1. The smallest absolute Gasteiger partial charge is 0.0774 e. The van der Waals surface area contributed by atoms with Crippen molar-refractivity contribution in [2.24, 2.45) is 11.8 Å². The van der Waals surface area contributed by atoms with E-state index in [1.54, 1.807) is 0 Å². The van der Waals surface area contributed by atoms with Crippen molar-refractivity contribution in [3.8, 4) is 0 Å². The average molecular weight is 255 g/mol. The third-order valence-corrected chi connectivity index (χ3v) is 4.10. The van der Waals surface area contributed by atoms with E-state index in [1.807, 2.05) is 0 Å². The van der Waals surface area contributed by atoms with Crippen LogP contribution in [0.15, 0.2) is 0 Å². The lowest BCUT2D eigenvalue weighted by Gasteiger charge is -2.32. The fourth-order valence-corrected chi connectivity index (χ4v) is 2.76. The summed E-state index contributed by atoms with van der Waals surface area (Å²) in [5.74, 6) is 1.51. The fraction of sp³-hybridized carbons (Fsp3) is 1.00. The Hall–Kier alpha value is -0.0800. The van der Waals surface area contributed by atoms with Crippen molar-refractivity contribution >= 4 is 0 Å². The van der Waals surface area contributed by atoms with Gasteiger partial charge in [0, 0.05) is 6.54 Å². The second-order valence-electron chi connectivity index (χ2n) is 7.07. The molecule has 2 heteroatoms. The Morgan fingerprint density at radius 2 is 1.39 bits per heavy atom. The molecule has 2 nitrogen and oxygen atoms in total. The lowest BCUT2D eigenvalue weighted by Crippen LogP contribution is -2.42. The second-order valence-corrected chi connectivity index (χ2v) is 7.07. The molecule has 0 aromatic rings. The maximum atomic E-state index is 10.6. The Kier molecular flexibility index (Phi) is 6.65. The first-order valence-electron chi connectivity index (χ1n) is 7.86. The summed E-state index contributed by atoms with van der Waals surface area (Å²) in [5, 5.41) is 10.6. The van der Waals surface area contributed by atoms with Crippen LogP contribution in [-0.4, -0.2) is 35.2 Å². The molecule has 0 atom stereocenters. The van der Waals surface area contributed by atoms with E-state index in [4.69, 9.17) is 0 Å². The molecule has 0 saturated heterocycles. The predicted molar refractivity (Wildman–Crippen MR) is 78.8 cm³/mol. The summed E-state index contributed by atoms with van der Waals surface area (Å²) in [6.45, 7) is 12.3. The summed E-state index contributed by atoms with van der Waals surface area (Å²) in [4.78, 5) is 2.51. The summed E-state index contributed by atoms with van der Waals surface area (Å²) >= 11 is 0. The molecule has 0 unspecified atom stereocenters. The molecule has 0 heterocycles. The first-order valence-corrected chi connectivity index (χ1v) is 7.86. The minimum absolute atomic E-state index is 0.381. The molecule has 0 bridgehead atoms. The molecule has 108 valence electrons. The quantitative estimate of drug-likeness (QED) is 0.715. The van der Waals surface area contributed by atoms with Gasteiger partial charge in [-0.05, 0) is 50.6 Å². The molecule has 1 N–H and O–H groups in total. The molecule has 1 fully saturated rings. The van der Waals surface area contributed by atoms with Gasteiger partial charge in [0.15, 0.2) is 0 Å². The van der Waals surface area contributed by atoms with Crippen molar-refractivity contribution < 1.29 is 5.11 Å². The number of aliphatic hydroxyl groups is 1. The van der Waals surface area contributed by atoms with Gasteiger partial charge in [-0.2, -0.15) is 0 Å². The van der Waals surface area contributed by atoms with E-state index in [1.165, 1.54) is 25.7 Å². The largest absolute Gasteiger partial charge is 0.389 e. The summed E-state index contributed by atoms with van der Waals surface area (Å²) in [7, 11) is 0. The van der Waals surface area contributed by atoms with Gasteiger partial charge >= 0.3 is 0 Å². The highest BCUT2D eigenvalue weighted by Gasteiger charge is 2.32. The zero-order valence-electron chi connectivity index (χ0n) is 12.9. The van der Waals surface area contributed by atoms with E-state index in [0.717, 1.165) is 44.3 Å². The van der Waals surface area contributed by atoms with Crippen molar-refractivity contribution in [1.82, 2.24) is 4.90 Å². The van der Waals surface area contributed by atoms with Gasteiger partial charge in [0.2, 0.25) is 0 Å². The van der Waals surface area contributed by atoms with E-state index in [0.29, 0.717) is 0 Å². The first-order chi connectivity index (χ1) is 8.41. The topological polar surface area (TPSA) is 23.5 Å². The normalized spacial score (nSPS) is 19.3. The maximum absolute atomic E-state index is 10.6. The third kappa shape index (κ3) is 6.19. The molecular weight excluding hydrogens is 222 g/mol. The molecule has 1 rings (SSSR count). The molecule has 0 amide bonds. The Bertz CT molecular complexity index is 207. The van der Waals surface area contributed by atoms with Gasteiger partial charge in [-0.15, -0.1) is 0 Å². The maximum Gasteiger partial charge on any atom is 0.0774 e. The SMILES string of the molecule is CC(C)CCN(CCC(C)C)CC1(O)CCCC1. The highest BCUT2D eigenvalue weighted by Crippen LogP contribution is 2.30. The summed E-state index contributed by atoms with van der Waals surface area (Å²) in [6, 6.07) is 0. The molecule has 0 aromatic carbocycles. The zero-order chi connectivity index (χ0) is 13.6. The highest BCUT2D eigenvalue weighted by atomic mass is 16.3. The number of hydrogen-bond acceptors (Lipinski definition) is 2. The zero-order valence-corrected chi connectivity index (χ0v) is 12.9. The average Bonchev–Trinajstić information content (AvgIpc) is 2.69. The van der Waals surface area contributed by atoms with Crippen LogP contribution in [0.25, 0.3) is 0 Å². The van der Waals surface area contributed by atoms with E-state index in [-0.39, 0.29) is 5.60 Å². The van der Waals surface area contributed by atoms with E-state index in [2.05, 4.69) is 32.6 Å². The van der Waals surface area contributed by atoms with Crippen LogP contribution in [0.5, 0.6) is 0 Å². The second kappa shape index (κ2) is 7.49. The van der Waals surface area contributed by atoms with Crippen LogP contribution in [0.4, 0.5) is 0 Å². The monoisotopic (exact) mass is 255 g/mol. The summed E-state index contributed by atoms with van der Waals surface area (Å²) in [5.41, 5.74) is -0.381. The fourth-order valence-electron chi connectivity index (χ4n) is 2.76. The van der Waals surface area contributed by atoms with Crippen LogP contribution in [0, 0.1) is 11.8 Å². The van der Waals surface area contributed by atoms with Crippen molar-refractivity contribution in [2.75, 3.05) is 19.6 Å². The molecule has 1 aliphatic rings. The van der Waals surface area contributed by atoms with Crippen molar-refractivity contribution in [1.29, 1.82) is 0 Å². The van der Waals surface area contributed by atoms with Gasteiger partial charge in [0.1, 0.15) is 0 Å². The lowest BCUT2D eigenvalue weighted by atomic mass is 10.0. The van der Waals surface area contributed by atoms with Crippen LogP contribution < -0.4 is 0 Å². The third-order valence-electron chi connectivity index (χ3n) is 4.10. The van der Waals surface area contributed by atoms with Gasteiger partial charge in [0.25, 0.3) is 0 Å². The standard InChI is InChI=1S/C16H33NO/c1-14(2)7-11-17(12-8-15(3)4)13-16(18)9-5-6-10-16/h14-15,18H,5-13H2,1-4H3. The molecule has 18 heavy (non-hydrogen) atoms. The molecule has 0 spiro atoms. The minimum Gasteiger partial charge on any atom is -0.389 e. The molecular formula is C16H33NO. The van der Waals surface area contributed by atoms with Crippen LogP contribution in [0.2, 0.25) is 0 Å². The van der Waals surface area contributed by atoms with Crippen LogP contribution in [0.3, 0.4) is 0 Å². The number of nitrogens with zero attached hydrogens (tertiary/aromatic N) is 1. The number of rotatable bonds is 8. The molecule has 0 radical (unpaired) electrons. The van der Waals surface area contributed by atoms with Gasteiger partial charge < -0.3 is 10.0 Å². The first kappa shape index (κ1) is 16.0. The lowest BCUT2D eigenvalue weighted by molar-refractivity contribution is 0.00711. The summed E-state index contributed by atoms with van der Waals surface area (Å²) < 4.78 is 0. The van der Waals surface area contributed by atoms with Crippen LogP contribution in [-0.2, 0) is 0 Å².